The molecule has 0 spiro atoms. The molecule has 0 unspecified atom stereocenters. The number of nitriles is 1. The summed E-state index contributed by atoms with van der Waals surface area (Å²) in [5.41, 5.74) is 1.61. The van der Waals surface area contributed by atoms with Gasteiger partial charge in [-0.25, -0.2) is 9.48 Å². The van der Waals surface area contributed by atoms with Gasteiger partial charge in [0.2, 0.25) is 5.88 Å². The quantitative estimate of drug-likeness (QED) is 0.501. The van der Waals surface area contributed by atoms with Crippen molar-refractivity contribution < 1.29 is 15.0 Å². The van der Waals surface area contributed by atoms with E-state index in [1.807, 2.05) is 30.3 Å². The summed E-state index contributed by atoms with van der Waals surface area (Å²) < 4.78 is 1.44. The third-order valence-corrected chi connectivity index (χ3v) is 3.18. The van der Waals surface area contributed by atoms with Crippen LogP contribution in [0.15, 0.2) is 60.2 Å². The van der Waals surface area contributed by atoms with E-state index < -0.39 is 5.97 Å². The van der Waals surface area contributed by atoms with E-state index in [9.17, 15) is 9.90 Å². The first kappa shape index (κ1) is 16.8. The van der Waals surface area contributed by atoms with Crippen molar-refractivity contribution in [2.75, 3.05) is 0 Å². The van der Waals surface area contributed by atoms with Gasteiger partial charge in [-0.2, -0.15) is 10.4 Å². The van der Waals surface area contributed by atoms with E-state index in [4.69, 9.17) is 10.4 Å². The van der Waals surface area contributed by atoms with E-state index in [1.54, 1.807) is 31.2 Å². The van der Waals surface area contributed by atoms with Gasteiger partial charge in [-0.05, 0) is 31.2 Å². The second kappa shape index (κ2) is 7.61. The van der Waals surface area contributed by atoms with Crippen LogP contribution in [0, 0.1) is 18.3 Å². The third-order valence-electron chi connectivity index (χ3n) is 3.18. The zero-order valence-electron chi connectivity index (χ0n) is 12.9. The highest BCUT2D eigenvalue weighted by Crippen LogP contribution is 2.25. The number of aromatic nitrogens is 2. The minimum absolute atomic E-state index is 0.0159. The van der Waals surface area contributed by atoms with Crippen molar-refractivity contribution in [1.29, 1.82) is 5.26 Å². The Balaban J connectivity index is 2.21. The van der Waals surface area contributed by atoms with Crippen molar-refractivity contribution in [3.8, 4) is 17.6 Å². The number of aromatic hydroxyl groups is 1. The normalized spacial score (nSPS) is 11.9. The molecule has 2 N–H and O–H groups in total. The summed E-state index contributed by atoms with van der Waals surface area (Å²) >= 11 is 0. The van der Waals surface area contributed by atoms with Crippen LogP contribution in [-0.4, -0.2) is 26.0 Å². The number of rotatable bonds is 5. The van der Waals surface area contributed by atoms with Gasteiger partial charge in [-0.15, -0.1) is 0 Å². The lowest BCUT2D eigenvalue weighted by Crippen LogP contribution is -1.96. The summed E-state index contributed by atoms with van der Waals surface area (Å²) in [5.74, 6) is -1.26. The van der Waals surface area contributed by atoms with Crippen LogP contribution in [0.3, 0.4) is 0 Å². The molecule has 6 nitrogen and oxygen atoms in total. The van der Waals surface area contributed by atoms with Gasteiger partial charge in [0.05, 0.1) is 16.9 Å². The Kier molecular flexibility index (Phi) is 5.32. The maximum atomic E-state index is 10.7. The molecule has 1 aromatic heterocycles. The molecule has 6 heteroatoms. The summed E-state index contributed by atoms with van der Waals surface area (Å²) in [7, 11) is 0. The highest BCUT2D eigenvalue weighted by Gasteiger charge is 2.12. The lowest BCUT2D eigenvalue weighted by Gasteiger charge is -2.01. The van der Waals surface area contributed by atoms with Crippen LogP contribution in [0.5, 0.6) is 5.88 Å². The van der Waals surface area contributed by atoms with Gasteiger partial charge < -0.3 is 10.2 Å². The highest BCUT2D eigenvalue weighted by atomic mass is 16.4. The monoisotopic (exact) mass is 321 g/mol. The maximum absolute atomic E-state index is 10.7. The standard InChI is InChI=1S/C18H15N3O3/c1-13-16(11-7-2-4-8-14(12-19)18(23)24)17(22)21(20-13)15-9-5-3-6-10-15/h2-11,22H,1H3,(H,23,24)/b4-2+,11-7+,14-8+. The SMILES string of the molecule is Cc1nn(-c2ccccc2)c(O)c1/C=C/C=C/C=C(\C#N)C(=O)O. The van der Waals surface area contributed by atoms with Gasteiger partial charge in [-0.3, -0.25) is 0 Å². The van der Waals surface area contributed by atoms with E-state index in [0.717, 1.165) is 5.69 Å². The minimum atomic E-state index is -1.27. The number of nitrogens with zero attached hydrogens (tertiary/aromatic N) is 3. The molecule has 0 saturated carbocycles. The zero-order valence-corrected chi connectivity index (χ0v) is 12.9. The van der Waals surface area contributed by atoms with Crippen LogP contribution < -0.4 is 0 Å². The minimum Gasteiger partial charge on any atom is -0.493 e. The fourth-order valence-electron chi connectivity index (χ4n) is 2.00. The van der Waals surface area contributed by atoms with Crippen molar-refractivity contribution in [3.63, 3.8) is 0 Å². The zero-order chi connectivity index (χ0) is 17.5. The molecule has 120 valence electrons. The largest absolute Gasteiger partial charge is 0.493 e. The summed E-state index contributed by atoms with van der Waals surface area (Å²) in [5, 5.41) is 31.9. The number of hydrogen-bond acceptors (Lipinski definition) is 4. The van der Waals surface area contributed by atoms with Crippen LogP contribution in [0.25, 0.3) is 11.8 Å². The van der Waals surface area contributed by atoms with E-state index >= 15 is 0 Å². The number of aliphatic carboxylic acids is 1. The lowest BCUT2D eigenvalue weighted by atomic mass is 10.2. The number of carboxylic acid groups (broad SMARTS) is 1. The molecule has 0 bridgehead atoms. The predicted octanol–water partition coefficient (Wildman–Crippen LogP) is 2.99. The smallest absolute Gasteiger partial charge is 0.346 e. The number of benzene rings is 1. The fourth-order valence-corrected chi connectivity index (χ4v) is 2.00. The molecule has 0 fully saturated rings. The van der Waals surface area contributed by atoms with Gasteiger partial charge in [0.15, 0.2) is 0 Å². The molecule has 0 aliphatic rings. The van der Waals surface area contributed by atoms with Crippen LogP contribution in [0.2, 0.25) is 0 Å². The third kappa shape index (κ3) is 3.78. The summed E-state index contributed by atoms with van der Waals surface area (Å²) in [6.07, 6.45) is 7.50. The van der Waals surface area contributed by atoms with Crippen LogP contribution in [0.4, 0.5) is 0 Å². The van der Waals surface area contributed by atoms with Crippen molar-refractivity contribution in [2.45, 2.75) is 6.92 Å². The second-order valence-electron chi connectivity index (χ2n) is 4.81. The first-order valence-corrected chi connectivity index (χ1v) is 7.07. The van der Waals surface area contributed by atoms with Gasteiger partial charge in [-0.1, -0.05) is 36.4 Å². The molecule has 2 aromatic rings. The second-order valence-corrected chi connectivity index (χ2v) is 4.81. The van der Waals surface area contributed by atoms with E-state index in [0.29, 0.717) is 11.3 Å². The number of hydrogen-bond donors (Lipinski definition) is 2. The van der Waals surface area contributed by atoms with Gasteiger partial charge in [0.1, 0.15) is 11.6 Å². The average Bonchev–Trinajstić information content (AvgIpc) is 2.86. The molecule has 0 saturated heterocycles. The Bertz CT molecular complexity index is 869. The van der Waals surface area contributed by atoms with E-state index in [2.05, 4.69) is 5.10 Å². The van der Waals surface area contributed by atoms with Gasteiger partial charge in [0.25, 0.3) is 0 Å². The van der Waals surface area contributed by atoms with Gasteiger partial charge >= 0.3 is 5.97 Å². The Morgan fingerprint density at radius 1 is 1.25 bits per heavy atom. The molecule has 0 aliphatic heterocycles. The van der Waals surface area contributed by atoms with Crippen molar-refractivity contribution in [2.24, 2.45) is 0 Å². The Morgan fingerprint density at radius 2 is 1.96 bits per heavy atom. The molecule has 0 radical (unpaired) electrons. The fraction of sp³-hybridized carbons (Fsp3) is 0.0556. The number of para-hydroxylation sites is 1. The number of carboxylic acids is 1. The number of allylic oxidation sites excluding steroid dienone is 4. The molecule has 0 amide bonds. The molecule has 0 aliphatic carbocycles. The summed E-state index contributed by atoms with van der Waals surface area (Å²) in [6, 6.07) is 10.8. The first-order chi connectivity index (χ1) is 11.5. The molecule has 1 heterocycles. The predicted molar refractivity (Wildman–Crippen MR) is 89.5 cm³/mol. The highest BCUT2D eigenvalue weighted by molar-refractivity contribution is 5.91. The van der Waals surface area contributed by atoms with Crippen LogP contribution >= 0.6 is 0 Å². The number of carbonyl (C=O) groups is 1. The Morgan fingerprint density at radius 3 is 2.58 bits per heavy atom. The van der Waals surface area contributed by atoms with E-state index in [-0.39, 0.29) is 11.5 Å². The van der Waals surface area contributed by atoms with Crippen molar-refractivity contribution in [3.05, 3.63) is 71.5 Å². The van der Waals surface area contributed by atoms with Crippen molar-refractivity contribution >= 4 is 12.0 Å². The Labute approximate surface area is 138 Å². The molecule has 2 rings (SSSR count). The first-order valence-electron chi connectivity index (χ1n) is 7.07. The Hall–Kier alpha value is -3.59. The van der Waals surface area contributed by atoms with Gasteiger partial charge in [0, 0.05) is 0 Å². The van der Waals surface area contributed by atoms with Crippen LogP contribution in [0.1, 0.15) is 11.3 Å². The molecule has 24 heavy (non-hydrogen) atoms. The van der Waals surface area contributed by atoms with Crippen LogP contribution in [-0.2, 0) is 4.79 Å². The molecular formula is C18H15N3O3. The summed E-state index contributed by atoms with van der Waals surface area (Å²) in [6.45, 7) is 1.78. The topological polar surface area (TPSA) is 99.1 Å². The average molecular weight is 321 g/mol. The maximum Gasteiger partial charge on any atom is 0.346 e. The number of aryl methyl sites for hydroxylation is 1. The molecule has 0 atom stereocenters. The molecule has 1 aromatic carbocycles. The summed E-state index contributed by atoms with van der Waals surface area (Å²) in [4.78, 5) is 10.7. The molecular weight excluding hydrogens is 306 g/mol. The van der Waals surface area contributed by atoms with Crippen molar-refractivity contribution in [1.82, 2.24) is 9.78 Å². The lowest BCUT2D eigenvalue weighted by molar-refractivity contribution is -0.132. The van der Waals surface area contributed by atoms with E-state index in [1.165, 1.54) is 16.8 Å².